The van der Waals surface area contributed by atoms with Crippen LogP contribution in [0.3, 0.4) is 0 Å². The molecule has 3 aromatic carbocycles. The van der Waals surface area contributed by atoms with Gasteiger partial charge < -0.3 is 19.7 Å². The fourth-order valence-electron chi connectivity index (χ4n) is 3.55. The van der Waals surface area contributed by atoms with Crippen molar-refractivity contribution in [3.63, 3.8) is 0 Å². The highest BCUT2D eigenvalue weighted by molar-refractivity contribution is 6.31. The summed E-state index contributed by atoms with van der Waals surface area (Å²) < 4.78 is 10.9. The second-order valence-corrected chi connectivity index (χ2v) is 8.49. The number of carboxylic acid groups (broad SMARTS) is 1. The number of benzene rings is 3. The van der Waals surface area contributed by atoms with E-state index in [-0.39, 0.29) is 5.56 Å². The Morgan fingerprint density at radius 1 is 0.946 bits per heavy atom. The molecule has 4 aromatic rings. The van der Waals surface area contributed by atoms with Gasteiger partial charge in [0.15, 0.2) is 5.76 Å². The molecule has 1 unspecified atom stereocenters. The monoisotopic (exact) mass is 519 g/mol. The molecule has 0 saturated heterocycles. The first-order valence-electron chi connectivity index (χ1n) is 11.2. The van der Waals surface area contributed by atoms with E-state index in [0.29, 0.717) is 44.5 Å². The molecular weight excluding hydrogens is 498 g/mol. The van der Waals surface area contributed by atoms with Gasteiger partial charge in [-0.1, -0.05) is 35.0 Å². The van der Waals surface area contributed by atoms with Crippen molar-refractivity contribution >= 4 is 40.9 Å². The van der Waals surface area contributed by atoms with E-state index in [9.17, 15) is 14.4 Å². The number of aromatic carboxylic acids is 1. The third-order valence-electron chi connectivity index (χ3n) is 5.52. The van der Waals surface area contributed by atoms with Gasteiger partial charge >= 0.3 is 12.1 Å². The van der Waals surface area contributed by atoms with Crippen LogP contribution in [0.4, 0.5) is 16.2 Å². The quantitative estimate of drug-likeness (QED) is 0.252. The molecule has 10 heteroatoms. The van der Waals surface area contributed by atoms with Crippen LogP contribution in [-0.2, 0) is 4.74 Å². The number of aromatic nitrogens is 1. The molecule has 0 bridgehead atoms. The topological polar surface area (TPSA) is 131 Å². The van der Waals surface area contributed by atoms with Crippen molar-refractivity contribution in [2.24, 2.45) is 0 Å². The van der Waals surface area contributed by atoms with E-state index in [1.54, 1.807) is 56.3 Å². The molecule has 188 valence electrons. The smallest absolute Gasteiger partial charge is 0.412 e. The van der Waals surface area contributed by atoms with Crippen molar-refractivity contribution in [3.05, 3.63) is 100 Å². The number of rotatable bonds is 7. The zero-order chi connectivity index (χ0) is 26.5. The number of nitrogens with zero attached hydrogens (tertiary/aromatic N) is 1. The Morgan fingerprint density at radius 3 is 2.24 bits per heavy atom. The minimum absolute atomic E-state index is 0.0925. The predicted octanol–water partition coefficient (Wildman–Crippen LogP) is 6.56. The zero-order valence-corrected chi connectivity index (χ0v) is 20.6. The Hall–Kier alpha value is -4.63. The lowest BCUT2D eigenvalue weighted by Crippen LogP contribution is -2.17. The van der Waals surface area contributed by atoms with Gasteiger partial charge in [-0.25, -0.2) is 9.59 Å². The third kappa shape index (κ3) is 5.96. The second kappa shape index (κ2) is 11.0. The highest BCUT2D eigenvalue weighted by Gasteiger charge is 2.21. The van der Waals surface area contributed by atoms with Crippen LogP contribution in [0, 0.1) is 6.92 Å². The summed E-state index contributed by atoms with van der Waals surface area (Å²) in [6.45, 7) is 3.40. The molecule has 0 saturated carbocycles. The number of nitrogens with one attached hydrogen (secondary N) is 2. The molecule has 37 heavy (non-hydrogen) atoms. The van der Waals surface area contributed by atoms with Crippen LogP contribution in [-0.4, -0.2) is 28.2 Å². The van der Waals surface area contributed by atoms with E-state index >= 15 is 0 Å². The number of hydrogen-bond donors (Lipinski definition) is 3. The average Bonchev–Trinajstić information content (AvgIpc) is 3.24. The van der Waals surface area contributed by atoms with Gasteiger partial charge in [0, 0.05) is 27.4 Å². The fourth-order valence-corrected chi connectivity index (χ4v) is 3.84. The van der Waals surface area contributed by atoms with Crippen molar-refractivity contribution in [3.8, 4) is 11.3 Å². The Balaban J connectivity index is 1.43. The van der Waals surface area contributed by atoms with Crippen LogP contribution in [0.25, 0.3) is 11.3 Å². The van der Waals surface area contributed by atoms with Crippen LogP contribution in [0.1, 0.15) is 45.0 Å². The molecule has 1 heterocycles. The molecule has 0 spiro atoms. The van der Waals surface area contributed by atoms with Crippen LogP contribution in [0.15, 0.2) is 77.3 Å². The van der Waals surface area contributed by atoms with Crippen molar-refractivity contribution in [2.75, 3.05) is 10.6 Å². The minimum atomic E-state index is -1.07. The molecule has 2 amide bonds. The van der Waals surface area contributed by atoms with E-state index in [2.05, 4.69) is 15.8 Å². The number of carboxylic acids is 1. The van der Waals surface area contributed by atoms with Crippen molar-refractivity contribution in [1.29, 1.82) is 0 Å². The molecule has 0 aliphatic rings. The van der Waals surface area contributed by atoms with Gasteiger partial charge in [-0.3, -0.25) is 10.1 Å². The Kier molecular flexibility index (Phi) is 7.55. The number of halogens is 1. The maximum atomic E-state index is 12.6. The van der Waals surface area contributed by atoms with E-state index in [4.69, 9.17) is 26.0 Å². The van der Waals surface area contributed by atoms with Gasteiger partial charge in [0.05, 0.1) is 5.56 Å². The van der Waals surface area contributed by atoms with Gasteiger partial charge in [0.2, 0.25) is 0 Å². The number of carbonyl (C=O) groups excluding carboxylic acids is 2. The second-order valence-electron chi connectivity index (χ2n) is 8.08. The maximum absolute atomic E-state index is 12.6. The molecular formula is C27H22ClN3O6. The molecule has 3 N–H and O–H groups in total. The molecule has 9 nitrogen and oxygen atoms in total. The first-order chi connectivity index (χ1) is 17.7. The predicted molar refractivity (Wildman–Crippen MR) is 138 cm³/mol. The molecule has 0 fully saturated rings. The minimum Gasteiger partial charge on any atom is -0.478 e. The summed E-state index contributed by atoms with van der Waals surface area (Å²) in [6.07, 6.45) is -1.28. The van der Waals surface area contributed by atoms with Gasteiger partial charge in [0.1, 0.15) is 17.5 Å². The fraction of sp³-hybridized carbons (Fsp3) is 0.111. The Morgan fingerprint density at radius 2 is 1.59 bits per heavy atom. The Bertz CT molecular complexity index is 1450. The van der Waals surface area contributed by atoms with Crippen LogP contribution in [0.2, 0.25) is 5.02 Å². The molecule has 0 aliphatic heterocycles. The highest BCUT2D eigenvalue weighted by atomic mass is 35.5. The molecule has 1 atom stereocenters. The van der Waals surface area contributed by atoms with Gasteiger partial charge in [-0.15, -0.1) is 0 Å². The van der Waals surface area contributed by atoms with Crippen LogP contribution < -0.4 is 10.6 Å². The first kappa shape index (κ1) is 25.5. The number of amides is 2. The summed E-state index contributed by atoms with van der Waals surface area (Å²) in [6, 6.07) is 19.4. The van der Waals surface area contributed by atoms with E-state index in [0.717, 1.165) is 0 Å². The SMILES string of the molecule is Cc1noc(-c2ccc(NC(=O)c3ccc(C(=O)O)cc3)cc2)c1NC(=O)OC(C)c1ccccc1Cl. The average molecular weight is 520 g/mol. The Labute approximate surface area is 217 Å². The summed E-state index contributed by atoms with van der Waals surface area (Å²) in [4.78, 5) is 36.0. The van der Waals surface area contributed by atoms with Crippen LogP contribution in [0.5, 0.6) is 0 Å². The summed E-state index contributed by atoms with van der Waals surface area (Å²) in [7, 11) is 0. The van der Waals surface area contributed by atoms with Gasteiger partial charge in [-0.2, -0.15) is 0 Å². The normalized spacial score (nSPS) is 11.4. The number of hydrogen-bond acceptors (Lipinski definition) is 6. The standard InChI is InChI=1S/C27H22ClN3O6/c1-15-23(30-27(35)36-16(2)21-5-3-4-6-22(21)28)24(37-31-15)17-11-13-20(14-12-17)29-25(32)18-7-9-19(10-8-18)26(33)34/h3-14,16H,1-2H3,(H,29,32)(H,30,35)(H,33,34). The molecule has 4 rings (SSSR count). The van der Waals surface area contributed by atoms with E-state index in [1.165, 1.54) is 24.3 Å². The van der Waals surface area contributed by atoms with Crippen LogP contribution >= 0.6 is 11.6 Å². The first-order valence-corrected chi connectivity index (χ1v) is 11.5. The third-order valence-corrected chi connectivity index (χ3v) is 5.86. The summed E-state index contributed by atoms with van der Waals surface area (Å²) in [5.74, 6) is -1.14. The lowest BCUT2D eigenvalue weighted by molar-refractivity contribution is 0.0696. The van der Waals surface area contributed by atoms with Crippen molar-refractivity contribution in [2.45, 2.75) is 20.0 Å². The molecule has 1 aromatic heterocycles. The van der Waals surface area contributed by atoms with Gasteiger partial charge in [-0.05, 0) is 68.4 Å². The number of anilines is 2. The molecule has 0 radical (unpaired) electrons. The number of aryl methyl sites for hydroxylation is 1. The van der Waals surface area contributed by atoms with Crippen molar-refractivity contribution in [1.82, 2.24) is 5.16 Å². The van der Waals surface area contributed by atoms with E-state index < -0.39 is 24.1 Å². The zero-order valence-electron chi connectivity index (χ0n) is 19.8. The number of carbonyl (C=O) groups is 3. The summed E-state index contributed by atoms with van der Waals surface area (Å²) in [5, 5.41) is 18.9. The lowest BCUT2D eigenvalue weighted by atomic mass is 10.1. The summed E-state index contributed by atoms with van der Waals surface area (Å²) >= 11 is 6.19. The van der Waals surface area contributed by atoms with E-state index in [1.807, 2.05) is 6.07 Å². The van der Waals surface area contributed by atoms with Gasteiger partial charge in [0.25, 0.3) is 5.91 Å². The largest absolute Gasteiger partial charge is 0.478 e. The maximum Gasteiger partial charge on any atom is 0.412 e. The highest BCUT2D eigenvalue weighted by Crippen LogP contribution is 2.32. The lowest BCUT2D eigenvalue weighted by Gasteiger charge is -2.15. The molecule has 0 aliphatic carbocycles. The number of ether oxygens (including phenoxy) is 1. The summed E-state index contributed by atoms with van der Waals surface area (Å²) in [5.41, 5.74) is 3.02. The van der Waals surface area contributed by atoms with Crippen molar-refractivity contribution < 1.29 is 28.8 Å².